The highest BCUT2D eigenvalue weighted by molar-refractivity contribution is 6.03. The number of hydrogen-bond donors (Lipinski definition) is 1. The summed E-state index contributed by atoms with van der Waals surface area (Å²) < 4.78 is 25.6. The second kappa shape index (κ2) is 6.60. The van der Waals surface area contributed by atoms with Crippen molar-refractivity contribution in [3.05, 3.63) is 17.9 Å². The number of benzene rings is 1. The van der Waals surface area contributed by atoms with Gasteiger partial charge in [0.25, 0.3) is 5.91 Å². The second-order valence-corrected chi connectivity index (χ2v) is 7.14. The molecule has 146 valence electrons. The lowest BCUT2D eigenvalue weighted by Gasteiger charge is -2.41. The third kappa shape index (κ3) is 3.34. The van der Waals surface area contributed by atoms with Crippen LogP contribution in [-0.2, 0) is 14.4 Å². The van der Waals surface area contributed by atoms with Crippen LogP contribution in [-0.4, -0.2) is 49.7 Å². The van der Waals surface area contributed by atoms with Gasteiger partial charge in [-0.05, 0) is 20.8 Å². The first-order valence-corrected chi connectivity index (χ1v) is 8.27. The largest absolute Gasteiger partial charge is 0.483 e. The maximum atomic E-state index is 15.1. The lowest BCUT2D eigenvalue weighted by Crippen LogP contribution is -2.51. The number of fused-ring (bicyclic) bond motifs is 1. The molecule has 1 atom stereocenters. The van der Waals surface area contributed by atoms with Gasteiger partial charge in [-0.25, -0.2) is 9.18 Å². The molecule has 10 heteroatoms. The molecule has 0 unspecified atom stereocenters. The Bertz CT molecular complexity index is 820. The predicted molar refractivity (Wildman–Crippen MR) is 95.4 cm³/mol. The van der Waals surface area contributed by atoms with Gasteiger partial charge < -0.3 is 24.9 Å². The summed E-state index contributed by atoms with van der Waals surface area (Å²) in [7, 11) is 1.40. The van der Waals surface area contributed by atoms with Crippen molar-refractivity contribution in [3.63, 3.8) is 0 Å². The summed E-state index contributed by atoms with van der Waals surface area (Å²) in [4.78, 5) is 30.9. The van der Waals surface area contributed by atoms with E-state index in [1.165, 1.54) is 19.2 Å². The smallest absolute Gasteiger partial charge is 0.415 e. The Morgan fingerprint density at radius 1 is 1.41 bits per heavy atom. The molecule has 2 aliphatic rings. The molecule has 1 aromatic rings. The summed E-state index contributed by atoms with van der Waals surface area (Å²) in [5, 5.41) is 3.93. The van der Waals surface area contributed by atoms with Gasteiger partial charge >= 0.3 is 6.09 Å². The Balaban J connectivity index is 2.04. The number of halogens is 1. The number of ether oxygens (including phenoxy) is 2. The first-order chi connectivity index (χ1) is 12.6. The monoisotopic (exact) mass is 380 g/mol. The van der Waals surface area contributed by atoms with Crippen LogP contribution >= 0.6 is 0 Å². The zero-order chi connectivity index (χ0) is 19.9. The number of anilines is 2. The topological polar surface area (TPSA) is 107 Å². The highest BCUT2D eigenvalue weighted by Crippen LogP contribution is 2.42. The third-order valence-corrected chi connectivity index (χ3v) is 4.16. The summed E-state index contributed by atoms with van der Waals surface area (Å²) >= 11 is 0. The normalized spacial score (nSPS) is 21.0. The molecule has 2 heterocycles. The average Bonchev–Trinajstić information content (AvgIpc) is 2.96. The van der Waals surface area contributed by atoms with E-state index in [-0.39, 0.29) is 30.3 Å². The van der Waals surface area contributed by atoms with E-state index in [0.29, 0.717) is 5.84 Å². The summed E-state index contributed by atoms with van der Waals surface area (Å²) in [5.41, 5.74) is 5.06. The summed E-state index contributed by atoms with van der Waals surface area (Å²) in [5.74, 6) is -0.722. The average molecular weight is 380 g/mol. The van der Waals surface area contributed by atoms with Crippen LogP contribution < -0.4 is 20.3 Å². The SMILES string of the molecule is CO/N=C1\COc2cc(N3C[C@H](C(N)=O)OC3=O)cc(F)c2N1C(C)(C)C. The van der Waals surface area contributed by atoms with Gasteiger partial charge in [0.05, 0.1) is 12.2 Å². The molecule has 0 bridgehead atoms. The lowest BCUT2D eigenvalue weighted by molar-refractivity contribution is -0.124. The number of hydrogen-bond acceptors (Lipinski definition) is 6. The van der Waals surface area contributed by atoms with Crippen molar-refractivity contribution in [1.29, 1.82) is 0 Å². The molecule has 0 radical (unpaired) electrons. The highest BCUT2D eigenvalue weighted by atomic mass is 19.1. The minimum Gasteiger partial charge on any atom is -0.483 e. The molecule has 1 saturated heterocycles. The van der Waals surface area contributed by atoms with Crippen molar-refractivity contribution in [2.45, 2.75) is 32.4 Å². The Kier molecular flexibility index (Phi) is 4.58. The Morgan fingerprint density at radius 2 is 2.11 bits per heavy atom. The molecule has 0 spiro atoms. The molecule has 1 aromatic carbocycles. The fraction of sp³-hybridized carbons (Fsp3) is 0.471. The van der Waals surface area contributed by atoms with Crippen LogP contribution in [0.2, 0.25) is 0 Å². The molecular formula is C17H21FN4O5. The van der Waals surface area contributed by atoms with Gasteiger partial charge in [-0.1, -0.05) is 5.16 Å². The quantitative estimate of drug-likeness (QED) is 0.798. The number of carbonyl (C=O) groups is 2. The lowest BCUT2D eigenvalue weighted by atomic mass is 10.0. The van der Waals surface area contributed by atoms with Crippen molar-refractivity contribution in [2.75, 3.05) is 30.1 Å². The molecule has 0 saturated carbocycles. The standard InChI is InChI=1S/C17H21FN4O5/c1-17(2,3)22-13(20-25-4)8-26-11-6-9(5-10(18)14(11)22)21-7-12(15(19)23)27-16(21)24/h5-6,12H,7-8H2,1-4H3,(H2,19,23)/b20-13+/t12-/m1/s1. The molecule has 2 N–H and O–H groups in total. The molecule has 0 aromatic heterocycles. The van der Waals surface area contributed by atoms with Crippen molar-refractivity contribution in [1.82, 2.24) is 0 Å². The maximum Gasteiger partial charge on any atom is 0.415 e. The molecular weight excluding hydrogens is 359 g/mol. The van der Waals surface area contributed by atoms with Gasteiger partial charge in [-0.3, -0.25) is 9.69 Å². The van der Waals surface area contributed by atoms with Gasteiger partial charge in [-0.15, -0.1) is 0 Å². The van der Waals surface area contributed by atoms with Gasteiger partial charge in [0.2, 0.25) is 0 Å². The minimum absolute atomic E-state index is 0.0648. The molecule has 3 rings (SSSR count). The van der Waals surface area contributed by atoms with Gasteiger partial charge in [0, 0.05) is 17.7 Å². The van der Waals surface area contributed by atoms with Gasteiger partial charge in [0.15, 0.2) is 17.8 Å². The van der Waals surface area contributed by atoms with Crippen molar-refractivity contribution in [2.24, 2.45) is 10.9 Å². The Hall–Kier alpha value is -3.04. The number of amidine groups is 1. The van der Waals surface area contributed by atoms with Gasteiger partial charge in [0.1, 0.15) is 25.2 Å². The number of primary amides is 1. The molecule has 1 fully saturated rings. The van der Waals surface area contributed by atoms with Crippen molar-refractivity contribution < 1.29 is 28.3 Å². The Labute approximate surface area is 155 Å². The van der Waals surface area contributed by atoms with E-state index in [0.717, 1.165) is 4.90 Å². The van der Waals surface area contributed by atoms with Crippen LogP contribution in [0.15, 0.2) is 17.3 Å². The van der Waals surface area contributed by atoms with Crippen LogP contribution in [0, 0.1) is 5.82 Å². The third-order valence-electron chi connectivity index (χ3n) is 4.16. The van der Waals surface area contributed by atoms with Crippen molar-refractivity contribution >= 4 is 29.2 Å². The first-order valence-electron chi connectivity index (χ1n) is 8.27. The molecule has 2 aliphatic heterocycles. The minimum atomic E-state index is -1.08. The van der Waals surface area contributed by atoms with E-state index in [4.69, 9.17) is 20.0 Å². The summed E-state index contributed by atoms with van der Waals surface area (Å²) in [6.45, 7) is 5.67. The van der Waals surface area contributed by atoms with Crippen LogP contribution in [0.4, 0.5) is 20.6 Å². The first kappa shape index (κ1) is 18.7. The van der Waals surface area contributed by atoms with E-state index in [2.05, 4.69) is 5.16 Å². The fourth-order valence-corrected chi connectivity index (χ4v) is 3.10. The van der Waals surface area contributed by atoms with Crippen LogP contribution in [0.3, 0.4) is 0 Å². The van der Waals surface area contributed by atoms with Crippen molar-refractivity contribution in [3.8, 4) is 5.75 Å². The molecule has 0 aliphatic carbocycles. The predicted octanol–water partition coefficient (Wildman–Crippen LogP) is 1.59. The number of cyclic esters (lactones) is 1. The van der Waals surface area contributed by atoms with Crippen LogP contribution in [0.5, 0.6) is 5.75 Å². The number of oxime groups is 1. The number of carbonyl (C=O) groups excluding carboxylic acids is 2. The van der Waals surface area contributed by atoms with E-state index < -0.39 is 29.5 Å². The van der Waals surface area contributed by atoms with E-state index >= 15 is 4.39 Å². The van der Waals surface area contributed by atoms with E-state index in [1.54, 1.807) is 4.90 Å². The van der Waals surface area contributed by atoms with Crippen LogP contribution in [0.1, 0.15) is 20.8 Å². The highest BCUT2D eigenvalue weighted by Gasteiger charge is 2.39. The number of amides is 2. The number of nitrogens with zero attached hydrogens (tertiary/aromatic N) is 3. The zero-order valence-corrected chi connectivity index (χ0v) is 15.5. The Morgan fingerprint density at radius 3 is 2.67 bits per heavy atom. The number of rotatable bonds is 3. The maximum absolute atomic E-state index is 15.1. The van der Waals surface area contributed by atoms with Gasteiger partial charge in [-0.2, -0.15) is 0 Å². The number of nitrogens with two attached hydrogens (primary N) is 1. The zero-order valence-electron chi connectivity index (χ0n) is 15.5. The molecule has 9 nitrogen and oxygen atoms in total. The van der Waals surface area contributed by atoms with E-state index in [9.17, 15) is 9.59 Å². The summed E-state index contributed by atoms with van der Waals surface area (Å²) in [6.07, 6.45) is -1.85. The van der Waals surface area contributed by atoms with E-state index in [1.807, 2.05) is 20.8 Å². The molecule has 2 amide bonds. The summed E-state index contributed by atoms with van der Waals surface area (Å²) in [6, 6.07) is 2.70. The second-order valence-electron chi connectivity index (χ2n) is 7.14. The molecule has 27 heavy (non-hydrogen) atoms. The fourth-order valence-electron chi connectivity index (χ4n) is 3.10. The van der Waals surface area contributed by atoms with Crippen LogP contribution in [0.25, 0.3) is 0 Å².